The van der Waals surface area contributed by atoms with Gasteiger partial charge in [-0.25, -0.2) is 0 Å². The molecule has 0 amide bonds. The zero-order chi connectivity index (χ0) is 17.5. The predicted molar refractivity (Wildman–Crippen MR) is 86.8 cm³/mol. The minimum Gasteiger partial charge on any atom is -0.390 e. The molecule has 2 bridgehead atoms. The third-order valence-electron chi connectivity index (χ3n) is 4.39. The van der Waals surface area contributed by atoms with E-state index in [1.54, 1.807) is 12.1 Å². The van der Waals surface area contributed by atoms with E-state index in [9.17, 15) is 13.5 Å². The summed E-state index contributed by atoms with van der Waals surface area (Å²) >= 11 is 0. The Bertz CT molecular complexity index is 711. The van der Waals surface area contributed by atoms with E-state index in [0.717, 1.165) is 11.1 Å². The summed E-state index contributed by atoms with van der Waals surface area (Å²) in [4.78, 5) is 0.0388. The average Bonchev–Trinajstić information content (AvgIpc) is 2.95. The first-order chi connectivity index (χ1) is 11.3. The van der Waals surface area contributed by atoms with E-state index in [4.69, 9.17) is 13.7 Å². The van der Waals surface area contributed by atoms with E-state index in [2.05, 4.69) is 6.58 Å². The number of hydrogen-bond donors (Lipinski definition) is 1. The molecular weight excluding hydrogens is 332 g/mol. The number of ether oxygens (including phenoxy) is 2. The summed E-state index contributed by atoms with van der Waals surface area (Å²) in [6, 6.07) is 6.33. The number of hydrogen-bond acceptors (Lipinski definition) is 6. The molecule has 0 unspecified atom stereocenters. The normalized spacial score (nSPS) is 32.7. The van der Waals surface area contributed by atoms with Crippen molar-refractivity contribution in [2.45, 2.75) is 49.8 Å². The van der Waals surface area contributed by atoms with Gasteiger partial charge in [0.15, 0.2) is 12.4 Å². The zero-order valence-corrected chi connectivity index (χ0v) is 14.5. The molecule has 6 nitrogen and oxygen atoms in total. The Morgan fingerprint density at radius 1 is 1.38 bits per heavy atom. The molecule has 2 saturated heterocycles. The van der Waals surface area contributed by atoms with Crippen LogP contribution in [0.4, 0.5) is 0 Å². The summed E-state index contributed by atoms with van der Waals surface area (Å²) in [5.41, 5.74) is 1.83. The van der Waals surface area contributed by atoms with E-state index in [1.165, 1.54) is 12.1 Å². The maximum Gasteiger partial charge on any atom is 0.297 e. The molecule has 0 spiro atoms. The van der Waals surface area contributed by atoms with Crippen molar-refractivity contribution in [2.24, 2.45) is 5.92 Å². The Kier molecular flexibility index (Phi) is 4.81. The Labute approximate surface area is 142 Å². The van der Waals surface area contributed by atoms with Crippen molar-refractivity contribution in [1.82, 2.24) is 0 Å². The van der Waals surface area contributed by atoms with Gasteiger partial charge in [0.2, 0.25) is 0 Å². The van der Waals surface area contributed by atoms with Crippen LogP contribution >= 0.6 is 0 Å². The van der Waals surface area contributed by atoms with Gasteiger partial charge in [-0.3, -0.25) is 4.18 Å². The number of aryl methyl sites for hydroxylation is 1. The number of allylic oxidation sites excluding steroid dienone is 1. The van der Waals surface area contributed by atoms with Crippen LogP contribution in [0.5, 0.6) is 0 Å². The molecule has 1 aromatic carbocycles. The lowest BCUT2D eigenvalue weighted by Crippen LogP contribution is -2.52. The Morgan fingerprint density at radius 2 is 2.04 bits per heavy atom. The van der Waals surface area contributed by atoms with E-state index in [-0.39, 0.29) is 16.9 Å². The van der Waals surface area contributed by atoms with Gasteiger partial charge >= 0.3 is 0 Å². The topological polar surface area (TPSA) is 82.1 Å². The number of rotatable bonds is 5. The van der Waals surface area contributed by atoms with Gasteiger partial charge in [-0.15, -0.1) is 6.58 Å². The lowest BCUT2D eigenvalue weighted by Gasteiger charge is -2.37. The second-order valence-corrected chi connectivity index (χ2v) is 8.09. The van der Waals surface area contributed by atoms with Crippen LogP contribution in [-0.4, -0.2) is 44.7 Å². The molecule has 132 valence electrons. The van der Waals surface area contributed by atoms with E-state index in [0.29, 0.717) is 13.0 Å². The number of aliphatic hydroxyl groups excluding tert-OH is 1. The summed E-state index contributed by atoms with van der Waals surface area (Å²) in [6.45, 7) is 7.89. The Hall–Kier alpha value is -1.25. The van der Waals surface area contributed by atoms with Crippen molar-refractivity contribution in [1.29, 1.82) is 0 Å². The second-order valence-electron chi connectivity index (χ2n) is 6.52. The highest BCUT2D eigenvalue weighted by atomic mass is 32.2. The summed E-state index contributed by atoms with van der Waals surface area (Å²) in [5.74, 6) is -0.306. The van der Waals surface area contributed by atoms with Crippen molar-refractivity contribution >= 4 is 10.1 Å². The monoisotopic (exact) mass is 354 g/mol. The molecule has 0 aliphatic carbocycles. The molecule has 2 aliphatic heterocycles. The fourth-order valence-electron chi connectivity index (χ4n) is 3.13. The quantitative estimate of drug-likeness (QED) is 0.641. The molecule has 1 aromatic rings. The Balaban J connectivity index is 1.82. The van der Waals surface area contributed by atoms with Crippen LogP contribution in [0.2, 0.25) is 0 Å². The predicted octanol–water partition coefficient (Wildman–Crippen LogP) is 1.77. The lowest BCUT2D eigenvalue weighted by molar-refractivity contribution is -0.203. The molecule has 5 atom stereocenters. The zero-order valence-electron chi connectivity index (χ0n) is 13.7. The van der Waals surface area contributed by atoms with Crippen LogP contribution < -0.4 is 0 Å². The number of benzene rings is 1. The van der Waals surface area contributed by atoms with Gasteiger partial charge in [-0.1, -0.05) is 23.3 Å². The fraction of sp³-hybridized carbons (Fsp3) is 0.529. The van der Waals surface area contributed by atoms with Gasteiger partial charge in [0.05, 0.1) is 23.7 Å². The first-order valence-electron chi connectivity index (χ1n) is 7.87. The third-order valence-corrected chi connectivity index (χ3v) is 5.71. The van der Waals surface area contributed by atoms with E-state index in [1.807, 2.05) is 13.8 Å². The van der Waals surface area contributed by atoms with Crippen molar-refractivity contribution in [3.05, 3.63) is 42.0 Å². The van der Waals surface area contributed by atoms with E-state index < -0.39 is 28.6 Å². The molecule has 3 rings (SSSR count). The van der Waals surface area contributed by atoms with Crippen LogP contribution in [0.25, 0.3) is 0 Å². The van der Waals surface area contributed by atoms with Gasteiger partial charge in [0.1, 0.15) is 0 Å². The maximum atomic E-state index is 12.5. The summed E-state index contributed by atoms with van der Waals surface area (Å²) < 4.78 is 41.5. The van der Waals surface area contributed by atoms with Crippen molar-refractivity contribution in [3.8, 4) is 0 Å². The van der Waals surface area contributed by atoms with Gasteiger partial charge in [0.25, 0.3) is 10.1 Å². The average molecular weight is 354 g/mol. The summed E-state index contributed by atoms with van der Waals surface area (Å²) in [7, 11) is -4.03. The van der Waals surface area contributed by atoms with Crippen molar-refractivity contribution < 1.29 is 27.2 Å². The first-order valence-corrected chi connectivity index (χ1v) is 9.28. The second kappa shape index (κ2) is 6.57. The molecule has 0 aromatic heterocycles. The van der Waals surface area contributed by atoms with E-state index >= 15 is 0 Å². The maximum absolute atomic E-state index is 12.5. The minimum absolute atomic E-state index is 0.0388. The molecule has 0 saturated carbocycles. The molecule has 2 heterocycles. The van der Waals surface area contributed by atoms with Crippen LogP contribution in [0.1, 0.15) is 18.9 Å². The number of aliphatic hydroxyl groups is 1. The third kappa shape index (κ3) is 3.41. The van der Waals surface area contributed by atoms with Crippen LogP contribution in [0.3, 0.4) is 0 Å². The molecule has 24 heavy (non-hydrogen) atoms. The van der Waals surface area contributed by atoms with Crippen LogP contribution in [0.15, 0.2) is 41.3 Å². The highest BCUT2D eigenvalue weighted by Crippen LogP contribution is 2.38. The van der Waals surface area contributed by atoms with Gasteiger partial charge in [-0.05, 0) is 32.4 Å². The standard InChI is InChI=1S/C17H22O6S/c1-10(2)8-13-14-9-21-17(22-14)16(15(13)18)23-24(19,20)12-6-4-11(3)5-7-12/h4-7,13-18H,1,8-9H2,2-3H3/t13-,14-,15+,16-,17-/m1/s1. The highest BCUT2D eigenvalue weighted by molar-refractivity contribution is 7.86. The fourth-order valence-corrected chi connectivity index (χ4v) is 4.20. The lowest BCUT2D eigenvalue weighted by atomic mass is 9.86. The smallest absolute Gasteiger partial charge is 0.297 e. The Morgan fingerprint density at radius 3 is 2.67 bits per heavy atom. The van der Waals surface area contributed by atoms with Crippen LogP contribution in [-0.2, 0) is 23.8 Å². The van der Waals surface area contributed by atoms with Crippen molar-refractivity contribution in [3.63, 3.8) is 0 Å². The highest BCUT2D eigenvalue weighted by Gasteiger charge is 2.52. The van der Waals surface area contributed by atoms with Gasteiger partial charge in [0, 0.05) is 5.92 Å². The largest absolute Gasteiger partial charge is 0.390 e. The van der Waals surface area contributed by atoms with Gasteiger partial charge < -0.3 is 14.6 Å². The molecule has 0 radical (unpaired) electrons. The SMILES string of the molecule is C=C(C)C[C@H]1[C@H](O)[C@@H](OS(=O)(=O)c2ccc(C)cc2)[C@@H]2OC[C@H]1O2. The summed E-state index contributed by atoms with van der Waals surface area (Å²) in [5, 5.41) is 10.6. The molecule has 2 fully saturated rings. The number of fused-ring (bicyclic) bond motifs is 2. The minimum atomic E-state index is -4.03. The molecular formula is C17H22O6S. The summed E-state index contributed by atoms with van der Waals surface area (Å²) in [6.07, 6.45) is -2.74. The first kappa shape index (κ1) is 17.6. The molecule has 7 heteroatoms. The molecule has 1 N–H and O–H groups in total. The van der Waals surface area contributed by atoms with Crippen LogP contribution in [0, 0.1) is 12.8 Å². The van der Waals surface area contributed by atoms with Gasteiger partial charge in [-0.2, -0.15) is 8.42 Å². The molecule has 2 aliphatic rings. The van der Waals surface area contributed by atoms with Crippen molar-refractivity contribution in [2.75, 3.05) is 6.61 Å².